The van der Waals surface area contributed by atoms with Gasteiger partial charge in [0, 0.05) is 9.64 Å². The van der Waals surface area contributed by atoms with E-state index >= 15 is 0 Å². The van der Waals surface area contributed by atoms with Crippen LogP contribution >= 0.6 is 22.6 Å². The first-order valence-electron chi connectivity index (χ1n) is 4.46. The quantitative estimate of drug-likeness (QED) is 0.756. The van der Waals surface area contributed by atoms with Crippen molar-refractivity contribution in [2.45, 2.75) is 0 Å². The number of nitrogen functional groups attached to an aromatic ring is 1. The van der Waals surface area contributed by atoms with Gasteiger partial charge in [0.05, 0.1) is 5.69 Å². The number of hydrogen-bond donors (Lipinski definition) is 2. The van der Waals surface area contributed by atoms with Crippen LogP contribution in [-0.2, 0) is 0 Å². The number of nitrogens with zero attached hydrogens (tertiary/aromatic N) is 1. The number of anilines is 1. The molecule has 6 heteroatoms. The Labute approximate surface area is 104 Å². The molecule has 0 aliphatic heterocycles. The molecule has 16 heavy (non-hydrogen) atoms. The van der Waals surface area contributed by atoms with Crippen LogP contribution in [0, 0.1) is 3.57 Å². The van der Waals surface area contributed by atoms with Gasteiger partial charge in [0.15, 0.2) is 0 Å². The van der Waals surface area contributed by atoms with Crippen molar-refractivity contribution >= 4 is 28.4 Å². The normalized spacial score (nSPS) is 10.3. The molecule has 0 atom stereocenters. The molecule has 1 heterocycles. The minimum atomic E-state index is -0.536. The molecule has 0 bridgehead atoms. The molecule has 2 aromatic rings. The zero-order valence-electron chi connectivity index (χ0n) is 8.11. The molecule has 1 aromatic carbocycles. The van der Waals surface area contributed by atoms with Crippen molar-refractivity contribution in [3.63, 3.8) is 0 Å². The fourth-order valence-corrected chi connectivity index (χ4v) is 1.73. The second-order valence-electron chi connectivity index (χ2n) is 3.18. The molecule has 2 rings (SSSR count). The predicted molar refractivity (Wildman–Crippen MR) is 69.8 cm³/mol. The lowest BCUT2D eigenvalue weighted by atomic mass is 10.3. The van der Waals surface area contributed by atoms with Crippen molar-refractivity contribution in [3.8, 4) is 5.69 Å². The number of benzene rings is 1. The average Bonchev–Trinajstić information content (AvgIpc) is 2.19. The Kier molecular flexibility index (Phi) is 2.82. The lowest BCUT2D eigenvalue weighted by Gasteiger charge is -2.07. The summed E-state index contributed by atoms with van der Waals surface area (Å²) in [4.78, 5) is 24.7. The molecular formula is C10H8IN3O2. The van der Waals surface area contributed by atoms with Crippen molar-refractivity contribution in [3.05, 3.63) is 54.7 Å². The maximum absolute atomic E-state index is 11.6. The van der Waals surface area contributed by atoms with Crippen molar-refractivity contribution in [1.29, 1.82) is 0 Å². The van der Waals surface area contributed by atoms with Gasteiger partial charge < -0.3 is 5.73 Å². The molecule has 5 nitrogen and oxygen atoms in total. The standard InChI is InChI=1S/C10H8IN3O2/c11-6-1-3-7(4-2-6)14-8(12)5-9(15)13-10(14)16/h1-5H,12H2,(H,13,15,16). The number of nitrogens with one attached hydrogen (secondary N) is 1. The molecule has 3 N–H and O–H groups in total. The van der Waals surface area contributed by atoms with Gasteiger partial charge in [-0.05, 0) is 46.9 Å². The minimum Gasteiger partial charge on any atom is -0.385 e. The summed E-state index contributed by atoms with van der Waals surface area (Å²) in [5.74, 6) is 0.120. The fourth-order valence-electron chi connectivity index (χ4n) is 1.37. The summed E-state index contributed by atoms with van der Waals surface area (Å²) in [6.45, 7) is 0. The van der Waals surface area contributed by atoms with Crippen LogP contribution in [0.4, 0.5) is 5.82 Å². The first-order valence-corrected chi connectivity index (χ1v) is 5.53. The molecule has 0 radical (unpaired) electrons. The van der Waals surface area contributed by atoms with E-state index in [1.54, 1.807) is 12.1 Å². The van der Waals surface area contributed by atoms with Gasteiger partial charge in [0.2, 0.25) is 0 Å². The van der Waals surface area contributed by atoms with Crippen LogP contribution in [0.15, 0.2) is 39.9 Å². The van der Waals surface area contributed by atoms with Gasteiger partial charge in [-0.2, -0.15) is 0 Å². The van der Waals surface area contributed by atoms with E-state index in [9.17, 15) is 9.59 Å². The van der Waals surface area contributed by atoms with Gasteiger partial charge in [-0.1, -0.05) is 0 Å². The third-order valence-electron chi connectivity index (χ3n) is 2.06. The van der Waals surface area contributed by atoms with Crippen LogP contribution in [0.2, 0.25) is 0 Å². The molecular weight excluding hydrogens is 321 g/mol. The minimum absolute atomic E-state index is 0.120. The van der Waals surface area contributed by atoms with Crippen molar-refractivity contribution in [1.82, 2.24) is 9.55 Å². The summed E-state index contributed by atoms with van der Waals surface area (Å²) in [5.41, 5.74) is 5.23. The number of halogens is 1. The smallest absolute Gasteiger partial charge is 0.334 e. The van der Waals surface area contributed by atoms with E-state index in [1.165, 1.54) is 10.6 Å². The number of aromatic amines is 1. The van der Waals surface area contributed by atoms with Crippen LogP contribution in [0.3, 0.4) is 0 Å². The van der Waals surface area contributed by atoms with E-state index in [2.05, 4.69) is 27.6 Å². The first-order chi connectivity index (χ1) is 7.58. The van der Waals surface area contributed by atoms with E-state index in [1.807, 2.05) is 12.1 Å². The van der Waals surface area contributed by atoms with Crippen LogP contribution in [0.1, 0.15) is 0 Å². The Morgan fingerprint density at radius 3 is 2.38 bits per heavy atom. The molecule has 0 saturated carbocycles. The number of hydrogen-bond acceptors (Lipinski definition) is 3. The van der Waals surface area contributed by atoms with Gasteiger partial charge in [-0.3, -0.25) is 9.78 Å². The molecule has 0 saturated heterocycles. The monoisotopic (exact) mass is 329 g/mol. The third kappa shape index (κ3) is 2.01. The second-order valence-corrected chi connectivity index (χ2v) is 4.42. The Balaban J connectivity index is 2.69. The Morgan fingerprint density at radius 2 is 1.81 bits per heavy atom. The van der Waals surface area contributed by atoms with E-state index < -0.39 is 11.2 Å². The maximum Gasteiger partial charge on any atom is 0.334 e. The molecule has 0 aliphatic carbocycles. The zero-order valence-corrected chi connectivity index (χ0v) is 10.3. The first kappa shape index (κ1) is 10.9. The van der Waals surface area contributed by atoms with Gasteiger partial charge in [0.1, 0.15) is 5.82 Å². The van der Waals surface area contributed by atoms with Crippen LogP contribution < -0.4 is 17.0 Å². The van der Waals surface area contributed by atoms with Crippen LogP contribution in [0.25, 0.3) is 5.69 Å². The lowest BCUT2D eigenvalue weighted by molar-refractivity contribution is 0.908. The summed E-state index contributed by atoms with van der Waals surface area (Å²) < 4.78 is 2.30. The predicted octanol–water partition coefficient (Wildman–Crippen LogP) is 0.713. The second kappa shape index (κ2) is 4.12. The summed E-state index contributed by atoms with van der Waals surface area (Å²) >= 11 is 2.16. The molecule has 82 valence electrons. The zero-order chi connectivity index (χ0) is 11.7. The average molecular weight is 329 g/mol. The third-order valence-corrected chi connectivity index (χ3v) is 2.77. The van der Waals surface area contributed by atoms with Gasteiger partial charge >= 0.3 is 5.69 Å². The summed E-state index contributed by atoms with van der Waals surface area (Å²) in [6.07, 6.45) is 0. The fraction of sp³-hybridized carbons (Fsp3) is 0. The lowest BCUT2D eigenvalue weighted by Crippen LogP contribution is -2.30. The van der Waals surface area contributed by atoms with Crippen molar-refractivity contribution < 1.29 is 0 Å². The van der Waals surface area contributed by atoms with Crippen molar-refractivity contribution in [2.75, 3.05) is 5.73 Å². The highest BCUT2D eigenvalue weighted by molar-refractivity contribution is 14.1. The Hall–Kier alpha value is -1.57. The highest BCUT2D eigenvalue weighted by atomic mass is 127. The van der Waals surface area contributed by atoms with E-state index in [0.717, 1.165) is 3.57 Å². The number of rotatable bonds is 1. The maximum atomic E-state index is 11.6. The Morgan fingerprint density at radius 1 is 1.19 bits per heavy atom. The SMILES string of the molecule is Nc1cc(=O)[nH]c(=O)n1-c1ccc(I)cc1. The van der Waals surface area contributed by atoms with Gasteiger partial charge in [0.25, 0.3) is 5.56 Å². The number of aromatic nitrogens is 2. The summed E-state index contributed by atoms with van der Waals surface area (Å²) in [5, 5.41) is 0. The van der Waals surface area contributed by atoms with Crippen LogP contribution in [0.5, 0.6) is 0 Å². The highest BCUT2D eigenvalue weighted by Crippen LogP contribution is 2.11. The summed E-state index contributed by atoms with van der Waals surface area (Å²) in [7, 11) is 0. The highest BCUT2D eigenvalue weighted by Gasteiger charge is 2.04. The molecule has 0 aliphatic rings. The largest absolute Gasteiger partial charge is 0.385 e. The van der Waals surface area contributed by atoms with E-state index in [4.69, 9.17) is 5.73 Å². The topological polar surface area (TPSA) is 80.9 Å². The van der Waals surface area contributed by atoms with Gasteiger partial charge in [-0.25, -0.2) is 9.36 Å². The van der Waals surface area contributed by atoms with Crippen molar-refractivity contribution in [2.24, 2.45) is 0 Å². The van der Waals surface area contributed by atoms with Gasteiger partial charge in [-0.15, -0.1) is 0 Å². The molecule has 0 unspecified atom stereocenters. The Bertz CT molecular complexity index is 628. The van der Waals surface area contributed by atoms with Crippen LogP contribution in [-0.4, -0.2) is 9.55 Å². The van der Waals surface area contributed by atoms with E-state index in [0.29, 0.717) is 5.69 Å². The molecule has 1 aromatic heterocycles. The van der Waals surface area contributed by atoms with E-state index in [-0.39, 0.29) is 5.82 Å². The number of H-pyrrole nitrogens is 1. The summed E-state index contributed by atoms with van der Waals surface area (Å²) in [6, 6.07) is 8.41. The molecule has 0 amide bonds. The number of nitrogens with two attached hydrogens (primary N) is 1. The molecule has 0 fully saturated rings. The molecule has 0 spiro atoms.